The van der Waals surface area contributed by atoms with E-state index in [4.69, 9.17) is 15.2 Å². The standard InChI is InChI=1S/C22H23F3N2O2/c23-22(24,25)20-16-18(3-2-17-4-7-19(26)8-5-17)6-9-21(20)29-13-1-10-27-11-14-28-15-12-27/h4-9,16H,1,10-15,26H2. The van der Waals surface area contributed by atoms with Crippen LogP contribution in [0.3, 0.4) is 0 Å². The average Bonchev–Trinajstić information content (AvgIpc) is 2.71. The summed E-state index contributed by atoms with van der Waals surface area (Å²) in [6.07, 6.45) is -3.87. The van der Waals surface area contributed by atoms with Crippen LogP contribution in [0.2, 0.25) is 0 Å². The maximum atomic E-state index is 13.5. The molecule has 1 aliphatic rings. The molecule has 0 radical (unpaired) electrons. The van der Waals surface area contributed by atoms with Crippen LogP contribution in [0.5, 0.6) is 5.75 Å². The van der Waals surface area contributed by atoms with Crippen LogP contribution in [0.4, 0.5) is 18.9 Å². The normalized spacial score (nSPS) is 14.9. The highest BCUT2D eigenvalue weighted by Crippen LogP contribution is 2.36. The van der Waals surface area contributed by atoms with Gasteiger partial charge >= 0.3 is 6.18 Å². The quantitative estimate of drug-likeness (QED) is 0.468. The second-order valence-corrected chi connectivity index (χ2v) is 6.74. The van der Waals surface area contributed by atoms with Crippen LogP contribution in [0.25, 0.3) is 0 Å². The van der Waals surface area contributed by atoms with E-state index in [0.717, 1.165) is 25.7 Å². The molecule has 0 aromatic heterocycles. The Labute approximate surface area is 168 Å². The fourth-order valence-corrected chi connectivity index (χ4v) is 2.96. The summed E-state index contributed by atoms with van der Waals surface area (Å²) in [7, 11) is 0. The van der Waals surface area contributed by atoms with Crippen LogP contribution in [0.1, 0.15) is 23.1 Å². The first-order valence-electron chi connectivity index (χ1n) is 9.43. The number of benzene rings is 2. The van der Waals surface area contributed by atoms with Crippen molar-refractivity contribution in [3.05, 3.63) is 59.2 Å². The van der Waals surface area contributed by atoms with Gasteiger partial charge in [0.05, 0.1) is 25.4 Å². The van der Waals surface area contributed by atoms with Crippen molar-refractivity contribution in [3.63, 3.8) is 0 Å². The molecule has 1 fully saturated rings. The topological polar surface area (TPSA) is 47.7 Å². The monoisotopic (exact) mass is 404 g/mol. The van der Waals surface area contributed by atoms with Crippen LogP contribution in [-0.2, 0) is 10.9 Å². The Morgan fingerprint density at radius 3 is 2.34 bits per heavy atom. The number of ether oxygens (including phenoxy) is 2. The summed E-state index contributed by atoms with van der Waals surface area (Å²) in [5.74, 6) is 5.44. The number of hydrogen-bond acceptors (Lipinski definition) is 4. The summed E-state index contributed by atoms with van der Waals surface area (Å²) in [4.78, 5) is 2.22. The van der Waals surface area contributed by atoms with Crippen LogP contribution in [-0.4, -0.2) is 44.4 Å². The predicted octanol–water partition coefficient (Wildman–Crippen LogP) is 3.79. The number of halogens is 3. The van der Waals surface area contributed by atoms with E-state index in [-0.39, 0.29) is 17.9 Å². The summed E-state index contributed by atoms with van der Waals surface area (Å²) >= 11 is 0. The lowest BCUT2D eigenvalue weighted by Crippen LogP contribution is -2.37. The van der Waals surface area contributed by atoms with E-state index in [1.165, 1.54) is 12.1 Å². The molecular weight excluding hydrogens is 381 g/mol. The third-order valence-electron chi connectivity index (χ3n) is 4.53. The molecular formula is C22H23F3N2O2. The van der Waals surface area contributed by atoms with Gasteiger partial charge in [-0.05, 0) is 48.9 Å². The minimum absolute atomic E-state index is 0.169. The van der Waals surface area contributed by atoms with Gasteiger partial charge in [0, 0.05) is 36.4 Å². The van der Waals surface area contributed by atoms with Crippen molar-refractivity contribution in [1.29, 1.82) is 0 Å². The highest BCUT2D eigenvalue weighted by atomic mass is 19.4. The third-order valence-corrected chi connectivity index (χ3v) is 4.53. The molecule has 4 nitrogen and oxygen atoms in total. The maximum Gasteiger partial charge on any atom is 0.420 e. The van der Waals surface area contributed by atoms with Crippen molar-refractivity contribution in [2.24, 2.45) is 0 Å². The molecule has 0 amide bonds. The first kappa shape index (κ1) is 21.0. The van der Waals surface area contributed by atoms with E-state index in [0.29, 0.717) is 30.9 Å². The number of alkyl halides is 3. The minimum atomic E-state index is -4.52. The molecule has 2 aromatic rings. The van der Waals surface area contributed by atoms with Crippen molar-refractivity contribution in [1.82, 2.24) is 4.90 Å². The number of nitrogen functional groups attached to an aromatic ring is 1. The highest BCUT2D eigenvalue weighted by molar-refractivity contribution is 5.50. The summed E-state index contributed by atoms with van der Waals surface area (Å²) in [6.45, 7) is 4.06. The van der Waals surface area contributed by atoms with Gasteiger partial charge in [0.25, 0.3) is 0 Å². The van der Waals surface area contributed by atoms with Crippen molar-refractivity contribution in [3.8, 4) is 17.6 Å². The van der Waals surface area contributed by atoms with E-state index < -0.39 is 11.7 Å². The Morgan fingerprint density at radius 2 is 1.66 bits per heavy atom. The van der Waals surface area contributed by atoms with Gasteiger partial charge in [0.15, 0.2) is 0 Å². The van der Waals surface area contributed by atoms with E-state index in [1.807, 2.05) is 0 Å². The molecule has 29 heavy (non-hydrogen) atoms. The molecule has 0 saturated carbocycles. The number of nitrogens with two attached hydrogens (primary N) is 1. The molecule has 0 atom stereocenters. The van der Waals surface area contributed by atoms with E-state index in [2.05, 4.69) is 16.7 Å². The lowest BCUT2D eigenvalue weighted by Gasteiger charge is -2.26. The second-order valence-electron chi connectivity index (χ2n) is 6.74. The van der Waals surface area contributed by atoms with Crippen LogP contribution < -0.4 is 10.5 Å². The van der Waals surface area contributed by atoms with E-state index in [9.17, 15) is 13.2 Å². The van der Waals surface area contributed by atoms with Crippen molar-refractivity contribution >= 4 is 5.69 Å². The largest absolute Gasteiger partial charge is 0.493 e. The first-order chi connectivity index (χ1) is 13.9. The second kappa shape index (κ2) is 9.68. The Balaban J connectivity index is 1.65. The lowest BCUT2D eigenvalue weighted by atomic mass is 10.1. The number of anilines is 1. The Hall–Kier alpha value is -2.69. The van der Waals surface area contributed by atoms with Crippen LogP contribution in [0.15, 0.2) is 42.5 Å². The third kappa shape index (κ3) is 6.41. The van der Waals surface area contributed by atoms with Crippen LogP contribution in [0, 0.1) is 11.8 Å². The fourth-order valence-electron chi connectivity index (χ4n) is 2.96. The lowest BCUT2D eigenvalue weighted by molar-refractivity contribution is -0.139. The van der Waals surface area contributed by atoms with E-state index in [1.54, 1.807) is 24.3 Å². The first-order valence-corrected chi connectivity index (χ1v) is 9.43. The van der Waals surface area contributed by atoms with Gasteiger partial charge in [0.1, 0.15) is 5.75 Å². The molecule has 3 rings (SSSR count). The number of hydrogen-bond donors (Lipinski definition) is 1. The Morgan fingerprint density at radius 1 is 1.00 bits per heavy atom. The fraction of sp³-hybridized carbons (Fsp3) is 0.364. The molecule has 2 N–H and O–H groups in total. The molecule has 1 aliphatic heterocycles. The molecule has 2 aromatic carbocycles. The summed E-state index contributed by atoms with van der Waals surface area (Å²) in [5, 5.41) is 0. The van der Waals surface area contributed by atoms with Gasteiger partial charge in [-0.3, -0.25) is 4.90 Å². The Bertz CT molecular complexity index is 864. The molecule has 1 heterocycles. The molecule has 154 valence electrons. The zero-order valence-electron chi connectivity index (χ0n) is 16.0. The van der Waals surface area contributed by atoms with Gasteiger partial charge < -0.3 is 15.2 Å². The number of nitrogens with zero attached hydrogens (tertiary/aromatic N) is 1. The maximum absolute atomic E-state index is 13.5. The van der Waals surface area contributed by atoms with Gasteiger partial charge in [0.2, 0.25) is 0 Å². The molecule has 0 unspecified atom stereocenters. The molecule has 0 bridgehead atoms. The molecule has 1 saturated heterocycles. The Kier molecular flexibility index (Phi) is 7.02. The predicted molar refractivity (Wildman–Crippen MR) is 106 cm³/mol. The van der Waals surface area contributed by atoms with Crippen molar-refractivity contribution in [2.45, 2.75) is 12.6 Å². The van der Waals surface area contributed by atoms with Gasteiger partial charge in [-0.15, -0.1) is 0 Å². The zero-order chi connectivity index (χ0) is 20.7. The number of morpholine rings is 1. The SMILES string of the molecule is Nc1ccc(C#Cc2ccc(OCCCN3CCOCC3)c(C(F)(F)F)c2)cc1. The number of rotatable bonds is 5. The highest BCUT2D eigenvalue weighted by Gasteiger charge is 2.34. The summed E-state index contributed by atoms with van der Waals surface area (Å²) in [6, 6.07) is 10.7. The smallest absolute Gasteiger partial charge is 0.420 e. The van der Waals surface area contributed by atoms with Gasteiger partial charge in [-0.1, -0.05) is 11.8 Å². The van der Waals surface area contributed by atoms with E-state index >= 15 is 0 Å². The average molecular weight is 404 g/mol. The van der Waals surface area contributed by atoms with Crippen molar-refractivity contribution in [2.75, 3.05) is 45.2 Å². The van der Waals surface area contributed by atoms with Crippen molar-refractivity contribution < 1.29 is 22.6 Å². The van der Waals surface area contributed by atoms with Gasteiger partial charge in [-0.2, -0.15) is 13.2 Å². The zero-order valence-corrected chi connectivity index (χ0v) is 16.0. The van der Waals surface area contributed by atoms with Crippen LogP contribution >= 0.6 is 0 Å². The minimum Gasteiger partial charge on any atom is -0.493 e. The summed E-state index contributed by atoms with van der Waals surface area (Å²) in [5.41, 5.74) is 6.36. The van der Waals surface area contributed by atoms with Gasteiger partial charge in [-0.25, -0.2) is 0 Å². The molecule has 0 aliphatic carbocycles. The molecule has 0 spiro atoms. The molecule has 7 heteroatoms. The summed E-state index contributed by atoms with van der Waals surface area (Å²) < 4.78 is 51.1.